The lowest BCUT2D eigenvalue weighted by molar-refractivity contribution is 0.854. The van der Waals surface area contributed by atoms with Gasteiger partial charge in [0, 0.05) is 22.4 Å². The summed E-state index contributed by atoms with van der Waals surface area (Å²) in [5.41, 5.74) is 1.33. The Morgan fingerprint density at radius 2 is 1.60 bits per heavy atom. The predicted molar refractivity (Wildman–Crippen MR) is 68.6 cm³/mol. The lowest BCUT2D eigenvalue weighted by Crippen LogP contribution is -1.97. The molecule has 0 fully saturated rings. The SMILES string of the molecule is Ic1cnc(CCc2ccccc2)nc1. The van der Waals surface area contributed by atoms with E-state index in [1.54, 1.807) is 0 Å². The van der Waals surface area contributed by atoms with Crippen LogP contribution in [0.3, 0.4) is 0 Å². The smallest absolute Gasteiger partial charge is 0.128 e. The van der Waals surface area contributed by atoms with Gasteiger partial charge in [-0.1, -0.05) is 30.3 Å². The Bertz CT molecular complexity index is 411. The molecule has 0 radical (unpaired) electrons. The average Bonchev–Trinajstić information content (AvgIpc) is 2.30. The Morgan fingerprint density at radius 1 is 0.933 bits per heavy atom. The van der Waals surface area contributed by atoms with Gasteiger partial charge in [-0.25, -0.2) is 9.97 Å². The standard InChI is InChI=1S/C12H11IN2/c13-11-8-14-12(15-9-11)7-6-10-4-2-1-3-5-10/h1-5,8-9H,6-7H2. The van der Waals surface area contributed by atoms with Gasteiger partial charge in [0.2, 0.25) is 0 Å². The monoisotopic (exact) mass is 310 g/mol. The highest BCUT2D eigenvalue weighted by atomic mass is 127. The average molecular weight is 310 g/mol. The lowest BCUT2D eigenvalue weighted by atomic mass is 10.1. The summed E-state index contributed by atoms with van der Waals surface area (Å²) >= 11 is 2.21. The third kappa shape index (κ3) is 3.27. The van der Waals surface area contributed by atoms with Gasteiger partial charge in [-0.2, -0.15) is 0 Å². The molecule has 0 spiro atoms. The molecule has 15 heavy (non-hydrogen) atoms. The first-order valence-corrected chi connectivity index (χ1v) is 5.93. The first kappa shape index (κ1) is 10.5. The van der Waals surface area contributed by atoms with Crippen LogP contribution in [0.15, 0.2) is 42.7 Å². The van der Waals surface area contributed by atoms with Crippen LogP contribution in [-0.2, 0) is 12.8 Å². The topological polar surface area (TPSA) is 25.8 Å². The number of rotatable bonds is 3. The summed E-state index contributed by atoms with van der Waals surface area (Å²) < 4.78 is 1.08. The fraction of sp³-hybridized carbons (Fsp3) is 0.167. The molecule has 0 atom stereocenters. The fourth-order valence-electron chi connectivity index (χ4n) is 1.37. The summed E-state index contributed by atoms with van der Waals surface area (Å²) in [6.45, 7) is 0. The molecule has 0 unspecified atom stereocenters. The van der Waals surface area contributed by atoms with E-state index in [-0.39, 0.29) is 0 Å². The minimum atomic E-state index is 0.904. The number of hydrogen-bond donors (Lipinski definition) is 0. The Labute approximate surface area is 103 Å². The molecule has 0 saturated heterocycles. The van der Waals surface area contributed by atoms with Crippen LogP contribution in [0.25, 0.3) is 0 Å². The van der Waals surface area contributed by atoms with Gasteiger partial charge in [-0.3, -0.25) is 0 Å². The fourth-order valence-corrected chi connectivity index (χ4v) is 1.65. The first-order chi connectivity index (χ1) is 7.34. The highest BCUT2D eigenvalue weighted by Crippen LogP contribution is 2.04. The van der Waals surface area contributed by atoms with Gasteiger partial charge in [0.1, 0.15) is 5.82 Å². The van der Waals surface area contributed by atoms with Gasteiger partial charge in [0.05, 0.1) is 0 Å². The molecule has 0 saturated carbocycles. The van der Waals surface area contributed by atoms with Crippen LogP contribution < -0.4 is 0 Å². The van der Waals surface area contributed by atoms with Crippen LogP contribution in [0.5, 0.6) is 0 Å². The van der Waals surface area contributed by atoms with Gasteiger partial charge in [-0.15, -0.1) is 0 Å². The van der Waals surface area contributed by atoms with Crippen LogP contribution >= 0.6 is 22.6 Å². The molecule has 1 aromatic heterocycles. The third-order valence-electron chi connectivity index (χ3n) is 2.15. The third-order valence-corrected chi connectivity index (χ3v) is 2.71. The van der Waals surface area contributed by atoms with E-state index in [1.165, 1.54) is 5.56 Å². The summed E-state index contributed by atoms with van der Waals surface area (Å²) in [7, 11) is 0. The van der Waals surface area contributed by atoms with E-state index in [4.69, 9.17) is 0 Å². The predicted octanol–water partition coefficient (Wildman–Crippen LogP) is 2.87. The number of hydrogen-bond acceptors (Lipinski definition) is 2. The molecule has 0 aliphatic carbocycles. The van der Waals surface area contributed by atoms with Crippen molar-refractivity contribution in [3.8, 4) is 0 Å². The largest absolute Gasteiger partial charge is 0.240 e. The second kappa shape index (κ2) is 5.21. The molecular formula is C12H11IN2. The Kier molecular flexibility index (Phi) is 3.66. The van der Waals surface area contributed by atoms with Crippen LogP contribution in [0, 0.1) is 3.57 Å². The van der Waals surface area contributed by atoms with Gasteiger partial charge >= 0.3 is 0 Å². The second-order valence-electron chi connectivity index (χ2n) is 3.30. The number of aromatic nitrogens is 2. The van der Waals surface area contributed by atoms with Crippen LogP contribution in [-0.4, -0.2) is 9.97 Å². The van der Waals surface area contributed by atoms with Crippen LogP contribution in [0.1, 0.15) is 11.4 Å². The highest BCUT2D eigenvalue weighted by molar-refractivity contribution is 14.1. The minimum Gasteiger partial charge on any atom is -0.240 e. The zero-order chi connectivity index (χ0) is 10.5. The summed E-state index contributed by atoms with van der Waals surface area (Å²) in [4.78, 5) is 8.55. The van der Waals surface area contributed by atoms with E-state index in [2.05, 4.69) is 56.8 Å². The van der Waals surface area contributed by atoms with Crippen molar-refractivity contribution in [2.24, 2.45) is 0 Å². The minimum absolute atomic E-state index is 0.904. The highest BCUT2D eigenvalue weighted by Gasteiger charge is 1.97. The van der Waals surface area contributed by atoms with Crippen LogP contribution in [0.2, 0.25) is 0 Å². The van der Waals surface area contributed by atoms with E-state index >= 15 is 0 Å². The van der Waals surface area contributed by atoms with Crippen molar-refractivity contribution in [2.45, 2.75) is 12.8 Å². The van der Waals surface area contributed by atoms with Crippen molar-refractivity contribution in [1.82, 2.24) is 9.97 Å². The zero-order valence-corrected chi connectivity index (χ0v) is 10.4. The zero-order valence-electron chi connectivity index (χ0n) is 8.23. The molecule has 1 heterocycles. The molecule has 0 bridgehead atoms. The lowest BCUT2D eigenvalue weighted by Gasteiger charge is -2.00. The van der Waals surface area contributed by atoms with E-state index in [9.17, 15) is 0 Å². The quantitative estimate of drug-likeness (QED) is 0.815. The van der Waals surface area contributed by atoms with E-state index in [0.29, 0.717) is 0 Å². The molecule has 0 amide bonds. The van der Waals surface area contributed by atoms with Crippen molar-refractivity contribution in [1.29, 1.82) is 0 Å². The number of nitrogens with zero attached hydrogens (tertiary/aromatic N) is 2. The van der Waals surface area contributed by atoms with Crippen molar-refractivity contribution in [3.63, 3.8) is 0 Å². The number of aryl methyl sites for hydroxylation is 2. The Hall–Kier alpha value is -0.970. The van der Waals surface area contributed by atoms with Gasteiger partial charge in [0.25, 0.3) is 0 Å². The maximum Gasteiger partial charge on any atom is 0.128 e. The Balaban J connectivity index is 1.96. The van der Waals surface area contributed by atoms with Gasteiger partial charge in [0.15, 0.2) is 0 Å². The van der Waals surface area contributed by atoms with Crippen molar-refractivity contribution < 1.29 is 0 Å². The molecular weight excluding hydrogens is 299 g/mol. The molecule has 2 aromatic rings. The second-order valence-corrected chi connectivity index (χ2v) is 4.55. The molecule has 2 nitrogen and oxygen atoms in total. The van der Waals surface area contributed by atoms with Gasteiger partial charge < -0.3 is 0 Å². The normalized spacial score (nSPS) is 10.2. The maximum atomic E-state index is 4.27. The number of benzene rings is 1. The van der Waals surface area contributed by atoms with E-state index in [1.807, 2.05) is 18.5 Å². The maximum absolute atomic E-state index is 4.27. The summed E-state index contributed by atoms with van der Waals surface area (Å²) in [5.74, 6) is 0.916. The summed E-state index contributed by atoms with van der Waals surface area (Å²) in [5, 5.41) is 0. The first-order valence-electron chi connectivity index (χ1n) is 4.85. The van der Waals surface area contributed by atoms with Crippen molar-refractivity contribution >= 4 is 22.6 Å². The van der Waals surface area contributed by atoms with E-state index in [0.717, 1.165) is 22.2 Å². The molecule has 76 valence electrons. The summed E-state index contributed by atoms with van der Waals surface area (Å²) in [6, 6.07) is 10.4. The molecule has 0 aliphatic heterocycles. The summed E-state index contributed by atoms with van der Waals surface area (Å²) in [6.07, 6.45) is 5.62. The molecule has 1 aromatic carbocycles. The van der Waals surface area contributed by atoms with E-state index < -0.39 is 0 Å². The van der Waals surface area contributed by atoms with Crippen LogP contribution in [0.4, 0.5) is 0 Å². The van der Waals surface area contributed by atoms with Crippen molar-refractivity contribution in [2.75, 3.05) is 0 Å². The molecule has 3 heteroatoms. The molecule has 2 rings (SSSR count). The van der Waals surface area contributed by atoms with Crippen molar-refractivity contribution in [3.05, 3.63) is 57.7 Å². The number of halogens is 1. The molecule has 0 N–H and O–H groups in total. The van der Waals surface area contributed by atoms with Gasteiger partial charge in [-0.05, 0) is 34.6 Å². The Morgan fingerprint density at radius 3 is 2.27 bits per heavy atom. The molecule has 0 aliphatic rings.